The number of cyclic esters (lactones) is 1. The van der Waals surface area contributed by atoms with Crippen molar-refractivity contribution < 1.29 is 59.1 Å². The molecule has 0 unspecified atom stereocenters. The van der Waals surface area contributed by atoms with Gasteiger partial charge in [-0.3, -0.25) is 0 Å². The number of allylic oxidation sites excluding steroid dienone is 4. The minimum absolute atomic E-state index is 0. The van der Waals surface area contributed by atoms with E-state index in [0.717, 1.165) is 6.07 Å². The normalized spacial score (nSPS) is 28.7. The summed E-state index contributed by atoms with van der Waals surface area (Å²) in [4.78, 5) is 12.6. The van der Waals surface area contributed by atoms with E-state index < -0.39 is 17.8 Å². The molecule has 1 saturated heterocycles. The van der Waals surface area contributed by atoms with Crippen LogP contribution in [0.15, 0.2) is 42.2 Å². The number of aromatic hydroxyl groups is 2. The summed E-state index contributed by atoms with van der Waals surface area (Å²) < 4.78 is 10.9. The van der Waals surface area contributed by atoms with E-state index in [4.69, 9.17) is 21.1 Å². The molecule has 2 aliphatic rings. The van der Waals surface area contributed by atoms with Crippen molar-refractivity contribution in [3.8, 4) is 11.5 Å². The van der Waals surface area contributed by atoms with E-state index in [1.807, 2.05) is 6.08 Å². The van der Waals surface area contributed by atoms with Crippen LogP contribution in [0.4, 0.5) is 0 Å². The molecule has 27 heavy (non-hydrogen) atoms. The summed E-state index contributed by atoms with van der Waals surface area (Å²) in [6.07, 6.45) is 7.46. The van der Waals surface area contributed by atoms with Gasteiger partial charge in [-0.1, -0.05) is 41.5 Å². The molecule has 3 rings (SSSR count). The van der Waals surface area contributed by atoms with Crippen molar-refractivity contribution in [3.05, 3.63) is 58.4 Å². The fourth-order valence-electron chi connectivity index (χ4n) is 2.91. The van der Waals surface area contributed by atoms with Crippen molar-refractivity contribution in [2.24, 2.45) is 0 Å². The van der Waals surface area contributed by atoms with Gasteiger partial charge in [0.1, 0.15) is 29.3 Å². The molecule has 0 bridgehead atoms. The SMILES string of the molecule is C[C@@H]1C[C@H]2O[C@@H]2\C=C/C=C/C(=C\[O-])Cc2c(Cl)c(O)cc(O)c2C(=O)O1.[Na+]. The smallest absolute Gasteiger partial charge is 0.878 e. The summed E-state index contributed by atoms with van der Waals surface area (Å²) in [5, 5.41) is 31.3. The average Bonchev–Trinajstić information content (AvgIpc) is 3.31. The van der Waals surface area contributed by atoms with Crippen LogP contribution in [-0.2, 0) is 15.9 Å². The van der Waals surface area contributed by atoms with Gasteiger partial charge in [0.2, 0.25) is 0 Å². The van der Waals surface area contributed by atoms with Crippen LogP contribution in [0.5, 0.6) is 11.5 Å². The Balaban J connectivity index is 0.00000261. The van der Waals surface area contributed by atoms with Gasteiger partial charge in [-0.05, 0) is 18.9 Å². The van der Waals surface area contributed by atoms with Crippen molar-refractivity contribution in [1.82, 2.24) is 0 Å². The number of benzene rings is 1. The minimum Gasteiger partial charge on any atom is -0.878 e. The Kier molecular flexibility index (Phi) is 7.42. The fraction of sp³-hybridized carbons (Fsp3) is 0.316. The van der Waals surface area contributed by atoms with Crippen LogP contribution in [0.1, 0.15) is 29.3 Å². The molecule has 1 fully saturated rings. The average molecular weight is 401 g/mol. The van der Waals surface area contributed by atoms with E-state index in [2.05, 4.69) is 0 Å². The van der Waals surface area contributed by atoms with E-state index >= 15 is 0 Å². The van der Waals surface area contributed by atoms with Crippen LogP contribution in [0, 0.1) is 0 Å². The van der Waals surface area contributed by atoms with E-state index in [9.17, 15) is 20.1 Å². The summed E-state index contributed by atoms with van der Waals surface area (Å²) in [6.45, 7) is 1.73. The van der Waals surface area contributed by atoms with Crippen molar-refractivity contribution in [2.45, 2.75) is 38.1 Å². The molecule has 0 spiro atoms. The zero-order chi connectivity index (χ0) is 18.8. The standard InChI is InChI=1S/C19H19ClO6.Na/c1-10-6-16-15(26-16)5-3-2-4-11(9-21)7-12-17(19(24)25-10)13(22)8-14(23)18(12)20;/h2-5,8-10,15-16,21-23H,6-7H2,1H3;/q;+1/p-1/b4-2+,5-3-,11-9+;/t10-,15-,16-;/m1./s1. The molecule has 2 aliphatic heterocycles. The van der Waals surface area contributed by atoms with Gasteiger partial charge in [0, 0.05) is 12.5 Å². The van der Waals surface area contributed by atoms with Gasteiger partial charge in [0.05, 0.1) is 11.1 Å². The quantitative estimate of drug-likeness (QED) is 0.260. The molecule has 138 valence electrons. The number of phenolic OH excluding ortho intramolecular Hbond substituents is 2. The first-order valence-electron chi connectivity index (χ1n) is 8.16. The van der Waals surface area contributed by atoms with E-state index in [0.29, 0.717) is 18.3 Å². The molecule has 1 aromatic rings. The van der Waals surface area contributed by atoms with Gasteiger partial charge in [0.25, 0.3) is 0 Å². The zero-order valence-corrected chi connectivity index (χ0v) is 17.8. The molecule has 2 N–H and O–H groups in total. The first kappa shape index (κ1) is 21.9. The monoisotopic (exact) mass is 400 g/mol. The van der Waals surface area contributed by atoms with Gasteiger partial charge in [-0.25, -0.2) is 4.79 Å². The summed E-state index contributed by atoms with van der Waals surface area (Å²) >= 11 is 6.13. The molecule has 6 nitrogen and oxygen atoms in total. The fourth-order valence-corrected chi connectivity index (χ4v) is 3.12. The van der Waals surface area contributed by atoms with E-state index in [-0.39, 0.29) is 70.1 Å². The number of halogens is 1. The van der Waals surface area contributed by atoms with Crippen molar-refractivity contribution in [1.29, 1.82) is 0 Å². The number of epoxide rings is 1. The molecule has 0 amide bonds. The van der Waals surface area contributed by atoms with Crippen LogP contribution < -0.4 is 34.7 Å². The third kappa shape index (κ3) is 5.09. The third-order valence-electron chi connectivity index (χ3n) is 4.27. The molecular formula is C19H18ClNaO6. The number of phenols is 2. The van der Waals surface area contributed by atoms with E-state index in [1.165, 1.54) is 0 Å². The Morgan fingerprint density at radius 3 is 2.74 bits per heavy atom. The molecule has 0 aromatic heterocycles. The molecule has 2 heterocycles. The molecule has 0 aliphatic carbocycles. The number of carbonyl (C=O) groups excluding carboxylic acids is 1. The van der Waals surface area contributed by atoms with Crippen LogP contribution in [-0.4, -0.2) is 34.5 Å². The van der Waals surface area contributed by atoms with Gasteiger partial charge in [-0.15, -0.1) is 6.26 Å². The maximum Gasteiger partial charge on any atom is 1.00 e. The Hall–Kier alpha value is -1.44. The van der Waals surface area contributed by atoms with Crippen LogP contribution in [0.2, 0.25) is 5.02 Å². The molecule has 3 atom stereocenters. The van der Waals surface area contributed by atoms with Crippen LogP contribution in [0.3, 0.4) is 0 Å². The maximum atomic E-state index is 12.6. The summed E-state index contributed by atoms with van der Waals surface area (Å²) in [7, 11) is 0. The second-order valence-corrected chi connectivity index (χ2v) is 6.66. The Morgan fingerprint density at radius 2 is 2.04 bits per heavy atom. The predicted molar refractivity (Wildman–Crippen MR) is 93.0 cm³/mol. The van der Waals surface area contributed by atoms with Crippen LogP contribution >= 0.6 is 11.6 Å². The van der Waals surface area contributed by atoms with Gasteiger partial charge < -0.3 is 24.8 Å². The number of hydrogen-bond acceptors (Lipinski definition) is 6. The van der Waals surface area contributed by atoms with Gasteiger partial charge in [0.15, 0.2) is 0 Å². The Bertz CT molecular complexity index is 817. The van der Waals surface area contributed by atoms with Crippen molar-refractivity contribution in [2.75, 3.05) is 0 Å². The molecule has 1 aromatic carbocycles. The molecular weight excluding hydrogens is 383 g/mol. The predicted octanol–water partition coefficient (Wildman–Crippen LogP) is -0.629. The summed E-state index contributed by atoms with van der Waals surface area (Å²) in [5.41, 5.74) is 0.289. The Labute approximate surface area is 184 Å². The summed E-state index contributed by atoms with van der Waals surface area (Å²) in [6, 6.07) is 0.982. The van der Waals surface area contributed by atoms with E-state index in [1.54, 1.807) is 25.2 Å². The van der Waals surface area contributed by atoms with Gasteiger partial charge >= 0.3 is 35.5 Å². The number of ether oxygens (including phenoxy) is 2. The molecule has 0 saturated carbocycles. The van der Waals surface area contributed by atoms with Gasteiger partial charge in [-0.2, -0.15) is 0 Å². The Morgan fingerprint density at radius 1 is 1.30 bits per heavy atom. The third-order valence-corrected chi connectivity index (χ3v) is 4.70. The number of hydrogen-bond donors (Lipinski definition) is 2. The van der Waals surface area contributed by atoms with Crippen molar-refractivity contribution in [3.63, 3.8) is 0 Å². The first-order chi connectivity index (χ1) is 12.4. The van der Waals surface area contributed by atoms with Crippen LogP contribution in [0.25, 0.3) is 0 Å². The maximum absolute atomic E-state index is 12.6. The molecule has 8 heteroatoms. The summed E-state index contributed by atoms with van der Waals surface area (Å²) in [5.74, 6) is -1.61. The first-order valence-corrected chi connectivity index (χ1v) is 8.54. The number of fused-ring (bicyclic) bond motifs is 2. The topological polar surface area (TPSA) is 102 Å². The largest absolute Gasteiger partial charge is 1.00 e. The minimum atomic E-state index is -0.772. The molecule has 0 radical (unpaired) electrons. The number of esters is 1. The van der Waals surface area contributed by atoms with Crippen molar-refractivity contribution >= 4 is 17.6 Å². The second kappa shape index (κ2) is 9.17. The second-order valence-electron chi connectivity index (χ2n) is 6.29. The zero-order valence-electron chi connectivity index (χ0n) is 15.0. The number of rotatable bonds is 0. The number of carbonyl (C=O) groups is 1.